The van der Waals surface area contributed by atoms with Gasteiger partial charge in [0, 0.05) is 23.9 Å². The molecule has 152 valence electrons. The Bertz CT molecular complexity index is 1220. The summed E-state index contributed by atoms with van der Waals surface area (Å²) in [5.41, 5.74) is 5.30. The molecule has 3 aromatic carbocycles. The Labute approximate surface area is 175 Å². The molecule has 4 aromatic rings. The summed E-state index contributed by atoms with van der Waals surface area (Å²) in [6.45, 7) is 0. The number of nitrogens with zero attached hydrogens (tertiary/aromatic N) is 3. The van der Waals surface area contributed by atoms with E-state index in [9.17, 15) is 0 Å². The highest BCUT2D eigenvalue weighted by atomic mass is 16.5. The minimum Gasteiger partial charge on any atom is -0.493 e. The average molecular weight is 401 g/mol. The van der Waals surface area contributed by atoms with Crippen LogP contribution in [-0.4, -0.2) is 37.9 Å². The van der Waals surface area contributed by atoms with Gasteiger partial charge in [-0.05, 0) is 36.4 Å². The highest BCUT2D eigenvalue weighted by molar-refractivity contribution is 5.87. The Hall–Kier alpha value is -3.67. The summed E-state index contributed by atoms with van der Waals surface area (Å²) in [6.07, 6.45) is -0.129. The van der Waals surface area contributed by atoms with Crippen LogP contribution in [0.4, 0.5) is 5.69 Å². The number of methoxy groups -OCH3 is 3. The summed E-state index contributed by atoms with van der Waals surface area (Å²) in [5.74, 6) is 2.79. The van der Waals surface area contributed by atoms with Crippen molar-refractivity contribution in [1.29, 1.82) is 0 Å². The molecule has 1 aromatic heterocycles. The Morgan fingerprint density at radius 2 is 1.50 bits per heavy atom. The fourth-order valence-corrected chi connectivity index (χ4v) is 4.38. The van der Waals surface area contributed by atoms with E-state index in [-0.39, 0.29) is 6.17 Å². The van der Waals surface area contributed by atoms with E-state index in [4.69, 9.17) is 19.2 Å². The molecular formula is C24H23N3O3. The maximum atomic E-state index is 5.62. The maximum absolute atomic E-state index is 5.62. The summed E-state index contributed by atoms with van der Waals surface area (Å²) >= 11 is 0. The van der Waals surface area contributed by atoms with Crippen LogP contribution < -0.4 is 19.1 Å². The molecule has 30 heavy (non-hydrogen) atoms. The first-order chi connectivity index (χ1) is 14.7. The van der Waals surface area contributed by atoms with E-state index in [0.717, 1.165) is 33.7 Å². The zero-order valence-corrected chi connectivity index (χ0v) is 17.4. The molecule has 6 heteroatoms. The summed E-state index contributed by atoms with van der Waals surface area (Å²) in [7, 11) is 6.99. The van der Waals surface area contributed by atoms with Crippen LogP contribution in [0.2, 0.25) is 0 Å². The lowest BCUT2D eigenvalue weighted by Gasteiger charge is -2.38. The van der Waals surface area contributed by atoms with Gasteiger partial charge in [0.2, 0.25) is 5.75 Å². The molecule has 1 aliphatic heterocycles. The fraction of sp³-hybridized carbons (Fsp3) is 0.208. The normalized spacial score (nSPS) is 14.9. The summed E-state index contributed by atoms with van der Waals surface area (Å²) in [4.78, 5) is 7.23. The molecule has 1 atom stereocenters. The summed E-state index contributed by atoms with van der Waals surface area (Å²) in [5, 5.41) is 0. The van der Waals surface area contributed by atoms with Gasteiger partial charge < -0.3 is 19.1 Å². The van der Waals surface area contributed by atoms with Crippen LogP contribution in [0.5, 0.6) is 17.2 Å². The second-order valence-corrected chi connectivity index (χ2v) is 7.25. The van der Waals surface area contributed by atoms with E-state index in [2.05, 4.69) is 52.9 Å². The number of hydrogen-bond donors (Lipinski definition) is 0. The number of benzene rings is 3. The van der Waals surface area contributed by atoms with E-state index >= 15 is 0 Å². The smallest absolute Gasteiger partial charge is 0.203 e. The van der Waals surface area contributed by atoms with Gasteiger partial charge in [-0.2, -0.15) is 0 Å². The number of imidazole rings is 1. The topological polar surface area (TPSA) is 48.8 Å². The molecule has 1 unspecified atom stereocenters. The molecular weight excluding hydrogens is 378 g/mol. The largest absolute Gasteiger partial charge is 0.493 e. The van der Waals surface area contributed by atoms with Crippen molar-refractivity contribution in [1.82, 2.24) is 9.55 Å². The highest BCUT2D eigenvalue weighted by Crippen LogP contribution is 2.47. The van der Waals surface area contributed by atoms with E-state index in [1.165, 1.54) is 0 Å². The molecule has 0 saturated carbocycles. The highest BCUT2D eigenvalue weighted by Gasteiger charge is 2.33. The zero-order valence-electron chi connectivity index (χ0n) is 17.4. The van der Waals surface area contributed by atoms with Crippen molar-refractivity contribution in [2.45, 2.75) is 6.17 Å². The van der Waals surface area contributed by atoms with E-state index in [1.807, 2.05) is 24.3 Å². The molecule has 0 radical (unpaired) electrons. The number of anilines is 1. The van der Waals surface area contributed by atoms with Crippen molar-refractivity contribution >= 4 is 16.7 Å². The van der Waals surface area contributed by atoms with E-state index in [1.54, 1.807) is 21.3 Å². The predicted octanol–water partition coefficient (Wildman–Crippen LogP) is 4.73. The third kappa shape index (κ3) is 2.53. The summed E-state index contributed by atoms with van der Waals surface area (Å²) in [6, 6.07) is 20.6. The van der Waals surface area contributed by atoms with Gasteiger partial charge in [0.25, 0.3) is 0 Å². The second-order valence-electron chi connectivity index (χ2n) is 7.25. The number of ether oxygens (including phenoxy) is 3. The van der Waals surface area contributed by atoms with Crippen LogP contribution in [0.15, 0.2) is 60.7 Å². The Morgan fingerprint density at radius 3 is 2.20 bits per heavy atom. The zero-order chi connectivity index (χ0) is 20.8. The van der Waals surface area contributed by atoms with Gasteiger partial charge in [0.1, 0.15) is 12.0 Å². The van der Waals surface area contributed by atoms with Crippen molar-refractivity contribution in [2.24, 2.45) is 0 Å². The second kappa shape index (κ2) is 6.99. The number of hydrogen-bond acceptors (Lipinski definition) is 5. The predicted molar refractivity (Wildman–Crippen MR) is 118 cm³/mol. The summed E-state index contributed by atoms with van der Waals surface area (Å²) < 4.78 is 19.0. The molecule has 0 fully saturated rings. The first-order valence-corrected chi connectivity index (χ1v) is 9.77. The quantitative estimate of drug-likeness (QED) is 0.495. The molecule has 0 aliphatic carbocycles. The molecule has 6 nitrogen and oxygen atoms in total. The lowest BCUT2D eigenvalue weighted by Crippen LogP contribution is -2.34. The third-order valence-corrected chi connectivity index (χ3v) is 5.72. The van der Waals surface area contributed by atoms with Crippen molar-refractivity contribution in [3.63, 3.8) is 0 Å². The SMILES string of the molecule is COc1cc(C2N(C)c3ccccc3-c3nc4ccccc4n32)cc(OC)c1OC. The van der Waals surface area contributed by atoms with Crippen molar-refractivity contribution < 1.29 is 14.2 Å². The average Bonchev–Trinajstić information content (AvgIpc) is 3.18. The molecule has 0 bridgehead atoms. The van der Waals surface area contributed by atoms with Gasteiger partial charge in [0.05, 0.1) is 32.4 Å². The van der Waals surface area contributed by atoms with Crippen LogP contribution in [-0.2, 0) is 0 Å². The number of rotatable bonds is 4. The van der Waals surface area contributed by atoms with Crippen LogP contribution in [0.25, 0.3) is 22.4 Å². The Morgan fingerprint density at radius 1 is 0.833 bits per heavy atom. The molecule has 0 amide bonds. The van der Waals surface area contributed by atoms with Crippen LogP contribution in [0, 0.1) is 0 Å². The first-order valence-electron chi connectivity index (χ1n) is 9.77. The number of fused-ring (bicyclic) bond motifs is 5. The van der Waals surface area contributed by atoms with Crippen molar-refractivity contribution in [3.8, 4) is 28.6 Å². The number of para-hydroxylation sites is 3. The van der Waals surface area contributed by atoms with E-state index < -0.39 is 0 Å². The monoisotopic (exact) mass is 401 g/mol. The molecule has 1 aliphatic rings. The maximum Gasteiger partial charge on any atom is 0.203 e. The van der Waals surface area contributed by atoms with Crippen LogP contribution >= 0.6 is 0 Å². The van der Waals surface area contributed by atoms with Crippen LogP contribution in [0.1, 0.15) is 11.7 Å². The molecule has 5 rings (SSSR count). The van der Waals surface area contributed by atoms with Crippen molar-refractivity contribution in [3.05, 3.63) is 66.2 Å². The van der Waals surface area contributed by atoms with Gasteiger partial charge in [-0.3, -0.25) is 4.57 Å². The first kappa shape index (κ1) is 18.4. The Kier molecular flexibility index (Phi) is 4.28. The molecule has 0 N–H and O–H groups in total. The minimum absolute atomic E-state index is 0.129. The lowest BCUT2D eigenvalue weighted by atomic mass is 10.0. The number of aromatic nitrogens is 2. The van der Waals surface area contributed by atoms with Gasteiger partial charge in [-0.15, -0.1) is 0 Å². The van der Waals surface area contributed by atoms with Gasteiger partial charge in [-0.1, -0.05) is 24.3 Å². The minimum atomic E-state index is -0.129. The third-order valence-electron chi connectivity index (χ3n) is 5.72. The van der Waals surface area contributed by atoms with Gasteiger partial charge >= 0.3 is 0 Å². The molecule has 0 saturated heterocycles. The van der Waals surface area contributed by atoms with Gasteiger partial charge in [0.15, 0.2) is 11.5 Å². The molecule has 0 spiro atoms. The Balaban J connectivity index is 1.82. The standard InChI is InChI=1S/C24H23N3O3/c1-26-18-11-7-5-9-16(18)23-25-17-10-6-8-12-19(17)27(23)24(26)15-13-20(28-2)22(30-4)21(14-15)29-3/h5-14,24H,1-4H3. The van der Waals surface area contributed by atoms with Crippen molar-refractivity contribution in [2.75, 3.05) is 33.3 Å². The van der Waals surface area contributed by atoms with Crippen LogP contribution in [0.3, 0.4) is 0 Å². The molecule has 2 heterocycles. The van der Waals surface area contributed by atoms with Gasteiger partial charge in [-0.25, -0.2) is 4.98 Å². The fourth-order valence-electron chi connectivity index (χ4n) is 4.38. The van der Waals surface area contributed by atoms with E-state index in [0.29, 0.717) is 17.2 Å². The lowest BCUT2D eigenvalue weighted by molar-refractivity contribution is 0.323.